The Morgan fingerprint density at radius 2 is 1.65 bits per heavy atom. The Balaban J connectivity index is 0.000000253. The highest BCUT2D eigenvalue weighted by Crippen LogP contribution is 2.36. The first-order valence-corrected chi connectivity index (χ1v) is 15.0. The second kappa shape index (κ2) is 19.0. The summed E-state index contributed by atoms with van der Waals surface area (Å²) in [6.45, 7) is 11.7. The molecule has 0 saturated carbocycles. The first-order chi connectivity index (χ1) is 20.9. The van der Waals surface area contributed by atoms with E-state index in [1.165, 1.54) is 30.6 Å². The molecule has 1 fully saturated rings. The lowest BCUT2D eigenvalue weighted by atomic mass is 10.1. The SMILES string of the molecule is C=CCC(NC(=O)C1CCCN1C(=O)CN)C(=O)OCC.C=CCCCCC.ON=C1c2ccccc2-c2ccccc21. The molecular weight excluding hydrogens is 544 g/mol. The number of nitrogens with two attached hydrogens (primary N) is 1. The van der Waals surface area contributed by atoms with Gasteiger partial charge < -0.3 is 25.9 Å². The molecule has 1 aliphatic heterocycles. The van der Waals surface area contributed by atoms with Gasteiger partial charge in [0, 0.05) is 17.7 Å². The van der Waals surface area contributed by atoms with Crippen molar-refractivity contribution in [3.8, 4) is 11.1 Å². The number of nitrogens with zero attached hydrogens (tertiary/aromatic N) is 2. The fourth-order valence-electron chi connectivity index (χ4n) is 4.99. The van der Waals surface area contributed by atoms with E-state index in [9.17, 15) is 14.4 Å². The van der Waals surface area contributed by atoms with Crippen molar-refractivity contribution in [2.75, 3.05) is 19.7 Å². The molecular formula is C34H46N4O5. The maximum atomic E-state index is 12.3. The van der Waals surface area contributed by atoms with Gasteiger partial charge in [0.1, 0.15) is 17.8 Å². The zero-order chi connectivity index (χ0) is 31.6. The van der Waals surface area contributed by atoms with Gasteiger partial charge in [0.2, 0.25) is 11.8 Å². The standard InChI is InChI=1S/C14H23N3O4.C13H9NO.C7H14/c1-3-6-10(14(20)21-4-2)16-13(19)11-7-5-8-17(11)12(18)9-15;15-14-13-11-7-3-1-5-9(11)10-6-2-4-8-12(10)13;1-3-5-7-6-4-2/h3,10-11H,1,4-9,15H2,2H3,(H,16,19);1-8,15H;3H,1,4-7H2,2H3. The van der Waals surface area contributed by atoms with Gasteiger partial charge in [0.25, 0.3) is 0 Å². The van der Waals surface area contributed by atoms with E-state index in [1.54, 1.807) is 13.0 Å². The molecule has 4 rings (SSSR count). The molecule has 2 amide bonds. The van der Waals surface area contributed by atoms with Gasteiger partial charge in [-0.25, -0.2) is 4.79 Å². The molecule has 1 aliphatic carbocycles. The van der Waals surface area contributed by atoms with Crippen LogP contribution < -0.4 is 11.1 Å². The van der Waals surface area contributed by atoms with E-state index in [0.29, 0.717) is 18.7 Å². The Hall–Kier alpha value is -4.24. The van der Waals surface area contributed by atoms with Crippen LogP contribution in [0.1, 0.15) is 69.9 Å². The molecule has 2 atom stereocenters. The van der Waals surface area contributed by atoms with Crippen LogP contribution >= 0.6 is 0 Å². The van der Waals surface area contributed by atoms with Gasteiger partial charge in [-0.1, -0.05) is 85.6 Å². The number of oxime groups is 1. The fraction of sp³-hybridized carbons (Fsp3) is 0.412. The number of likely N-dealkylation sites (tertiary alicyclic amines) is 1. The molecule has 2 aliphatic rings. The van der Waals surface area contributed by atoms with Crippen LogP contribution in [0.2, 0.25) is 0 Å². The van der Waals surface area contributed by atoms with Crippen molar-refractivity contribution in [3.05, 3.63) is 85.0 Å². The highest BCUT2D eigenvalue weighted by Gasteiger charge is 2.35. The van der Waals surface area contributed by atoms with Crippen molar-refractivity contribution in [2.24, 2.45) is 10.9 Å². The summed E-state index contributed by atoms with van der Waals surface area (Å²) in [5.74, 6) is -1.11. The summed E-state index contributed by atoms with van der Waals surface area (Å²) in [6, 6.07) is 14.6. The molecule has 0 bridgehead atoms. The number of nitrogens with one attached hydrogen (secondary N) is 1. The largest absolute Gasteiger partial charge is 0.464 e. The van der Waals surface area contributed by atoms with Crippen molar-refractivity contribution in [2.45, 2.75) is 70.9 Å². The molecule has 43 heavy (non-hydrogen) atoms. The fourth-order valence-corrected chi connectivity index (χ4v) is 4.99. The number of esters is 1. The molecule has 4 N–H and O–H groups in total. The number of hydrogen-bond donors (Lipinski definition) is 3. The zero-order valence-electron chi connectivity index (χ0n) is 25.5. The lowest BCUT2D eigenvalue weighted by Gasteiger charge is -2.25. The van der Waals surface area contributed by atoms with Crippen LogP contribution in [-0.2, 0) is 19.1 Å². The number of carbonyl (C=O) groups excluding carboxylic acids is 3. The monoisotopic (exact) mass is 590 g/mol. The Bertz CT molecular complexity index is 1210. The molecule has 1 heterocycles. The zero-order valence-corrected chi connectivity index (χ0v) is 25.5. The minimum atomic E-state index is -0.773. The van der Waals surface area contributed by atoms with Crippen LogP contribution in [0.5, 0.6) is 0 Å². The highest BCUT2D eigenvalue weighted by molar-refractivity contribution is 6.24. The number of rotatable bonds is 11. The number of ether oxygens (including phenoxy) is 1. The second-order valence-corrected chi connectivity index (χ2v) is 10.1. The van der Waals surface area contributed by atoms with Crippen molar-refractivity contribution >= 4 is 23.5 Å². The van der Waals surface area contributed by atoms with E-state index < -0.39 is 18.1 Å². The predicted octanol–water partition coefficient (Wildman–Crippen LogP) is 5.21. The molecule has 2 unspecified atom stereocenters. The molecule has 0 radical (unpaired) electrons. The summed E-state index contributed by atoms with van der Waals surface area (Å²) in [5, 5.41) is 15.1. The average molecular weight is 591 g/mol. The van der Waals surface area contributed by atoms with Crippen molar-refractivity contribution < 1.29 is 24.3 Å². The number of hydrogen-bond acceptors (Lipinski definition) is 7. The van der Waals surface area contributed by atoms with Crippen LogP contribution in [0.3, 0.4) is 0 Å². The quantitative estimate of drug-likeness (QED) is 0.0923. The maximum absolute atomic E-state index is 12.3. The van der Waals surface area contributed by atoms with E-state index in [2.05, 4.69) is 30.6 Å². The topological polar surface area (TPSA) is 134 Å². The minimum Gasteiger partial charge on any atom is -0.464 e. The normalized spacial score (nSPS) is 14.9. The molecule has 232 valence electrons. The number of carbonyl (C=O) groups is 3. The van der Waals surface area contributed by atoms with Crippen molar-refractivity contribution in [1.29, 1.82) is 0 Å². The molecule has 0 spiro atoms. The van der Waals surface area contributed by atoms with Crippen LogP contribution in [0.4, 0.5) is 0 Å². The summed E-state index contributed by atoms with van der Waals surface area (Å²) in [5.41, 5.74) is 10.3. The average Bonchev–Trinajstić information content (AvgIpc) is 3.65. The van der Waals surface area contributed by atoms with Crippen LogP contribution in [0, 0.1) is 0 Å². The van der Waals surface area contributed by atoms with Gasteiger partial charge in [-0.05, 0) is 50.2 Å². The molecule has 1 saturated heterocycles. The first-order valence-electron chi connectivity index (χ1n) is 15.0. The van der Waals surface area contributed by atoms with Gasteiger partial charge in [0.05, 0.1) is 13.2 Å². The highest BCUT2D eigenvalue weighted by atomic mass is 16.5. The third-order valence-electron chi connectivity index (χ3n) is 7.11. The van der Waals surface area contributed by atoms with Crippen LogP contribution in [-0.4, -0.2) is 65.4 Å². The van der Waals surface area contributed by atoms with E-state index in [-0.39, 0.29) is 31.4 Å². The summed E-state index contributed by atoms with van der Waals surface area (Å²) in [6.07, 6.45) is 10.3. The molecule has 2 aromatic carbocycles. The molecule has 9 nitrogen and oxygen atoms in total. The minimum absolute atomic E-state index is 0.127. The lowest BCUT2D eigenvalue weighted by molar-refractivity contribution is -0.148. The van der Waals surface area contributed by atoms with Crippen molar-refractivity contribution in [1.82, 2.24) is 10.2 Å². The van der Waals surface area contributed by atoms with Gasteiger partial charge in [-0.15, -0.1) is 13.2 Å². The molecule has 9 heteroatoms. The Labute approximate surface area is 255 Å². The predicted molar refractivity (Wildman–Crippen MR) is 171 cm³/mol. The van der Waals surface area contributed by atoms with Gasteiger partial charge >= 0.3 is 5.97 Å². The third kappa shape index (κ3) is 9.92. The second-order valence-electron chi connectivity index (χ2n) is 10.1. The Kier molecular flexibility index (Phi) is 15.5. The van der Waals surface area contributed by atoms with Gasteiger partial charge in [-0.3, -0.25) is 9.59 Å². The third-order valence-corrected chi connectivity index (χ3v) is 7.11. The van der Waals surface area contributed by atoms with Gasteiger partial charge in [-0.2, -0.15) is 0 Å². The number of unbranched alkanes of at least 4 members (excludes halogenated alkanes) is 3. The van der Waals surface area contributed by atoms with Gasteiger partial charge in [0.15, 0.2) is 0 Å². The maximum Gasteiger partial charge on any atom is 0.328 e. The first kappa shape index (κ1) is 35.0. The lowest BCUT2D eigenvalue weighted by Crippen LogP contribution is -2.52. The van der Waals surface area contributed by atoms with E-state index in [4.69, 9.17) is 15.7 Å². The van der Waals surface area contributed by atoms with Crippen LogP contribution in [0.25, 0.3) is 11.1 Å². The molecule has 2 aromatic rings. The van der Waals surface area contributed by atoms with E-state index in [0.717, 1.165) is 28.7 Å². The van der Waals surface area contributed by atoms with Crippen LogP contribution in [0.15, 0.2) is 79.0 Å². The number of fused-ring (bicyclic) bond motifs is 3. The number of benzene rings is 2. The Morgan fingerprint density at radius 1 is 1.05 bits per heavy atom. The van der Waals surface area contributed by atoms with E-state index in [1.807, 2.05) is 54.6 Å². The summed E-state index contributed by atoms with van der Waals surface area (Å²) >= 11 is 0. The number of allylic oxidation sites excluding steroid dienone is 1. The smallest absolute Gasteiger partial charge is 0.328 e. The van der Waals surface area contributed by atoms with Crippen molar-refractivity contribution in [3.63, 3.8) is 0 Å². The Morgan fingerprint density at radius 3 is 2.14 bits per heavy atom. The summed E-state index contributed by atoms with van der Waals surface area (Å²) < 4.78 is 4.91. The van der Waals surface area contributed by atoms with E-state index >= 15 is 0 Å². The summed E-state index contributed by atoms with van der Waals surface area (Å²) in [7, 11) is 0. The molecule has 0 aromatic heterocycles. The number of amides is 2. The summed E-state index contributed by atoms with van der Waals surface area (Å²) in [4.78, 5) is 37.2.